The topological polar surface area (TPSA) is 45.9 Å². The van der Waals surface area contributed by atoms with Gasteiger partial charge in [-0.2, -0.15) is 0 Å². The Labute approximate surface area is 138 Å². The molecule has 3 aromatic rings. The summed E-state index contributed by atoms with van der Waals surface area (Å²) >= 11 is 10.6. The minimum absolute atomic E-state index is 0.0237. The van der Waals surface area contributed by atoms with Crippen molar-refractivity contribution in [2.75, 3.05) is 0 Å². The van der Waals surface area contributed by atoms with Crippen LogP contribution >= 0.6 is 38.9 Å². The van der Waals surface area contributed by atoms with Crippen molar-refractivity contribution < 1.29 is 4.79 Å². The second-order valence-electron chi connectivity index (χ2n) is 4.54. The Hall–Kier alpha value is -1.43. The molecule has 0 spiro atoms. The Morgan fingerprint density at radius 2 is 2.10 bits per heavy atom. The van der Waals surface area contributed by atoms with Gasteiger partial charge in [-0.3, -0.25) is 10.2 Å². The third kappa shape index (κ3) is 2.95. The maximum Gasteiger partial charge on any atom is 0.183 e. The first-order valence-electron chi connectivity index (χ1n) is 6.17. The van der Waals surface area contributed by atoms with Crippen LogP contribution in [0.2, 0.25) is 5.02 Å². The molecule has 0 aliphatic heterocycles. The average molecular weight is 382 g/mol. The highest BCUT2D eigenvalue weighted by molar-refractivity contribution is 9.10. The van der Waals surface area contributed by atoms with E-state index in [0.717, 1.165) is 14.7 Å². The quantitative estimate of drug-likeness (QED) is 0.668. The summed E-state index contributed by atoms with van der Waals surface area (Å²) < 4.78 is 3.49. The lowest BCUT2D eigenvalue weighted by molar-refractivity contribution is 0.0972. The number of hydrogen-bond acceptors (Lipinski definition) is 3. The van der Waals surface area contributed by atoms with E-state index in [1.807, 2.05) is 24.3 Å². The zero-order valence-electron chi connectivity index (χ0n) is 10.8. The molecule has 106 valence electrons. The summed E-state index contributed by atoms with van der Waals surface area (Å²) in [7, 11) is 0. The molecule has 0 atom stereocenters. The number of fused-ring (bicyclic) bond motifs is 1. The SMILES string of the molecule is N=c1sc2cc(Cl)ccc2n1CC(=O)c1cccc(Br)c1. The fourth-order valence-corrected chi connectivity index (χ4v) is 3.70. The van der Waals surface area contributed by atoms with E-state index in [1.165, 1.54) is 11.3 Å². The first-order chi connectivity index (χ1) is 10.0. The van der Waals surface area contributed by atoms with Gasteiger partial charge in [0.05, 0.1) is 16.8 Å². The van der Waals surface area contributed by atoms with E-state index in [1.54, 1.807) is 22.8 Å². The molecule has 0 aliphatic rings. The van der Waals surface area contributed by atoms with Crippen molar-refractivity contribution >= 4 is 54.9 Å². The first-order valence-corrected chi connectivity index (χ1v) is 8.15. The summed E-state index contributed by atoms with van der Waals surface area (Å²) in [5, 5.41) is 8.68. The van der Waals surface area contributed by atoms with E-state index in [9.17, 15) is 4.79 Å². The van der Waals surface area contributed by atoms with Gasteiger partial charge >= 0.3 is 0 Å². The van der Waals surface area contributed by atoms with Crippen molar-refractivity contribution in [1.82, 2.24) is 4.57 Å². The van der Waals surface area contributed by atoms with Gasteiger partial charge in [-0.1, -0.05) is 51.0 Å². The van der Waals surface area contributed by atoms with E-state index >= 15 is 0 Å². The molecule has 21 heavy (non-hydrogen) atoms. The van der Waals surface area contributed by atoms with Crippen molar-refractivity contribution in [2.45, 2.75) is 6.54 Å². The highest BCUT2D eigenvalue weighted by Crippen LogP contribution is 2.22. The lowest BCUT2D eigenvalue weighted by Crippen LogP contribution is -2.19. The first kappa shape index (κ1) is 14.5. The van der Waals surface area contributed by atoms with E-state index in [2.05, 4.69) is 15.9 Å². The van der Waals surface area contributed by atoms with E-state index in [4.69, 9.17) is 17.0 Å². The van der Waals surface area contributed by atoms with Gasteiger partial charge in [-0.15, -0.1) is 0 Å². The number of halogens is 2. The lowest BCUT2D eigenvalue weighted by Gasteiger charge is -2.05. The molecule has 1 heterocycles. The van der Waals surface area contributed by atoms with Gasteiger partial charge in [0.1, 0.15) is 0 Å². The number of thiazole rings is 1. The predicted octanol–water partition coefficient (Wildman–Crippen LogP) is 4.48. The molecular formula is C15H10BrClN2OS. The third-order valence-electron chi connectivity index (χ3n) is 3.11. The molecule has 0 amide bonds. The van der Waals surface area contributed by atoms with Crippen LogP contribution in [0, 0.1) is 5.41 Å². The second kappa shape index (κ2) is 5.75. The zero-order valence-corrected chi connectivity index (χ0v) is 13.9. The predicted molar refractivity (Wildman–Crippen MR) is 89.2 cm³/mol. The maximum atomic E-state index is 12.4. The van der Waals surface area contributed by atoms with E-state index in [-0.39, 0.29) is 12.3 Å². The molecule has 0 radical (unpaired) electrons. The van der Waals surface area contributed by atoms with Gasteiger partial charge in [0.2, 0.25) is 0 Å². The van der Waals surface area contributed by atoms with Gasteiger partial charge in [-0.25, -0.2) is 0 Å². The number of carbonyl (C=O) groups is 1. The van der Waals surface area contributed by atoms with Crippen molar-refractivity contribution in [3.8, 4) is 0 Å². The monoisotopic (exact) mass is 380 g/mol. The summed E-state index contributed by atoms with van der Waals surface area (Å²) in [5.41, 5.74) is 1.49. The summed E-state index contributed by atoms with van der Waals surface area (Å²) in [6.45, 7) is 0.150. The Morgan fingerprint density at radius 1 is 1.29 bits per heavy atom. The van der Waals surface area contributed by atoms with Crippen LogP contribution in [0.4, 0.5) is 0 Å². The van der Waals surface area contributed by atoms with Crippen LogP contribution in [-0.2, 0) is 6.54 Å². The molecule has 6 heteroatoms. The number of nitrogens with zero attached hydrogens (tertiary/aromatic N) is 1. The number of rotatable bonds is 3. The minimum atomic E-state index is -0.0237. The van der Waals surface area contributed by atoms with E-state index < -0.39 is 0 Å². The number of carbonyl (C=O) groups excluding carboxylic acids is 1. The summed E-state index contributed by atoms with van der Waals surface area (Å²) in [6, 6.07) is 12.7. The average Bonchev–Trinajstić information content (AvgIpc) is 2.74. The number of nitrogens with one attached hydrogen (secondary N) is 1. The van der Waals surface area contributed by atoms with Crippen molar-refractivity contribution in [1.29, 1.82) is 5.41 Å². The summed E-state index contributed by atoms with van der Waals surface area (Å²) in [4.78, 5) is 12.7. The van der Waals surface area contributed by atoms with Crippen molar-refractivity contribution in [3.05, 3.63) is 62.3 Å². The molecule has 1 N–H and O–H groups in total. The number of hydrogen-bond donors (Lipinski definition) is 1. The number of Topliss-reactive ketones (excluding diaryl/α,β-unsaturated/α-hetero) is 1. The molecule has 3 nitrogen and oxygen atoms in total. The fourth-order valence-electron chi connectivity index (χ4n) is 2.12. The second-order valence-corrected chi connectivity index (χ2v) is 6.92. The molecule has 0 bridgehead atoms. The number of benzene rings is 2. The molecular weight excluding hydrogens is 372 g/mol. The smallest absolute Gasteiger partial charge is 0.183 e. The van der Waals surface area contributed by atoms with Crippen LogP contribution in [-0.4, -0.2) is 10.4 Å². The van der Waals surface area contributed by atoms with Gasteiger partial charge in [-0.05, 0) is 30.3 Å². The largest absolute Gasteiger partial charge is 0.309 e. The van der Waals surface area contributed by atoms with Gasteiger partial charge in [0.15, 0.2) is 10.6 Å². The van der Waals surface area contributed by atoms with Crippen LogP contribution in [0.1, 0.15) is 10.4 Å². The van der Waals surface area contributed by atoms with Gasteiger partial charge in [0, 0.05) is 15.1 Å². The number of aromatic nitrogens is 1. The van der Waals surface area contributed by atoms with Gasteiger partial charge < -0.3 is 4.57 Å². The molecule has 3 rings (SSSR count). The number of ketones is 1. The highest BCUT2D eigenvalue weighted by atomic mass is 79.9. The van der Waals surface area contributed by atoms with Crippen LogP contribution in [0.25, 0.3) is 10.2 Å². The Kier molecular flexibility index (Phi) is 3.97. The van der Waals surface area contributed by atoms with Crippen LogP contribution < -0.4 is 4.80 Å². The van der Waals surface area contributed by atoms with Gasteiger partial charge in [0.25, 0.3) is 0 Å². The van der Waals surface area contributed by atoms with Crippen molar-refractivity contribution in [3.63, 3.8) is 0 Å². The Balaban J connectivity index is 2.00. The molecule has 0 unspecified atom stereocenters. The standard InChI is InChI=1S/C15H10BrClN2OS/c16-10-3-1-2-9(6-10)13(20)8-19-12-5-4-11(17)7-14(12)21-15(19)18/h1-7,18H,8H2. The summed E-state index contributed by atoms with van der Waals surface area (Å²) in [5.74, 6) is -0.0237. The Bertz CT molecular complexity index is 900. The molecule has 0 saturated heterocycles. The van der Waals surface area contributed by atoms with Crippen LogP contribution in [0.15, 0.2) is 46.9 Å². The molecule has 0 fully saturated rings. The zero-order chi connectivity index (χ0) is 15.0. The third-order valence-corrected chi connectivity index (χ3v) is 4.80. The maximum absolute atomic E-state index is 12.4. The van der Waals surface area contributed by atoms with E-state index in [0.29, 0.717) is 15.4 Å². The minimum Gasteiger partial charge on any atom is -0.309 e. The molecule has 1 aromatic heterocycles. The molecule has 0 saturated carbocycles. The molecule has 2 aromatic carbocycles. The summed E-state index contributed by atoms with van der Waals surface area (Å²) in [6.07, 6.45) is 0. The normalized spacial score (nSPS) is 11.0. The fraction of sp³-hybridized carbons (Fsp3) is 0.0667. The highest BCUT2D eigenvalue weighted by Gasteiger charge is 2.12. The molecule has 0 aliphatic carbocycles. The van der Waals surface area contributed by atoms with Crippen LogP contribution in [0.3, 0.4) is 0 Å². The van der Waals surface area contributed by atoms with Crippen LogP contribution in [0.5, 0.6) is 0 Å². The Morgan fingerprint density at radius 3 is 2.86 bits per heavy atom. The lowest BCUT2D eigenvalue weighted by atomic mass is 10.1. The van der Waals surface area contributed by atoms with Crippen molar-refractivity contribution in [2.24, 2.45) is 0 Å².